The van der Waals surface area contributed by atoms with Crippen LogP contribution in [0.5, 0.6) is 0 Å². The fourth-order valence-corrected chi connectivity index (χ4v) is 4.91. The first-order chi connectivity index (χ1) is 13.0. The van der Waals surface area contributed by atoms with Crippen molar-refractivity contribution in [2.45, 2.75) is 37.7 Å². The minimum atomic E-state index is -0.0814. The lowest BCUT2D eigenvalue weighted by molar-refractivity contribution is 0.519. The number of hydrogen-bond acceptors (Lipinski definition) is 6. The molecule has 27 heavy (non-hydrogen) atoms. The standard InChI is InChI=1S/C19H18N4O2S2/c1-11(2)22-17(25)14-6-4-5-7-15(14)21-19(22)27-10-13-8-16(24)23-12(3)9-26-18(23)20-13/h4-9,11H,10H2,1-3H3. The molecule has 0 atom stereocenters. The van der Waals surface area contributed by atoms with Gasteiger partial charge >= 0.3 is 0 Å². The first-order valence-corrected chi connectivity index (χ1v) is 10.4. The highest BCUT2D eigenvalue weighted by Crippen LogP contribution is 2.24. The third-order valence-electron chi connectivity index (χ3n) is 4.27. The van der Waals surface area contributed by atoms with Crippen LogP contribution in [0.1, 0.15) is 31.3 Å². The molecule has 138 valence electrons. The quantitative estimate of drug-likeness (QED) is 0.388. The second-order valence-electron chi connectivity index (χ2n) is 6.55. The summed E-state index contributed by atoms with van der Waals surface area (Å²) in [6.45, 7) is 5.82. The van der Waals surface area contributed by atoms with Crippen molar-refractivity contribution in [3.05, 3.63) is 67.8 Å². The van der Waals surface area contributed by atoms with Crippen molar-refractivity contribution >= 4 is 39.0 Å². The van der Waals surface area contributed by atoms with Gasteiger partial charge in [0.25, 0.3) is 11.1 Å². The number of thioether (sulfide) groups is 1. The Kier molecular flexibility index (Phi) is 4.61. The molecule has 0 aliphatic heterocycles. The molecular formula is C19H18N4O2S2. The van der Waals surface area contributed by atoms with E-state index in [1.54, 1.807) is 21.1 Å². The molecule has 3 aromatic heterocycles. The second kappa shape index (κ2) is 6.94. The van der Waals surface area contributed by atoms with Gasteiger partial charge in [-0.3, -0.25) is 18.6 Å². The predicted molar refractivity (Wildman–Crippen MR) is 110 cm³/mol. The van der Waals surface area contributed by atoms with Crippen LogP contribution in [0, 0.1) is 6.92 Å². The van der Waals surface area contributed by atoms with E-state index in [2.05, 4.69) is 9.97 Å². The Balaban J connectivity index is 1.74. The van der Waals surface area contributed by atoms with Crippen molar-refractivity contribution in [1.29, 1.82) is 0 Å². The zero-order valence-electron chi connectivity index (χ0n) is 15.2. The number of hydrogen-bond donors (Lipinski definition) is 0. The summed E-state index contributed by atoms with van der Waals surface area (Å²) in [6, 6.07) is 8.90. The molecule has 0 aliphatic rings. The molecule has 0 saturated heterocycles. The molecule has 0 spiro atoms. The van der Waals surface area contributed by atoms with Crippen molar-refractivity contribution < 1.29 is 0 Å². The van der Waals surface area contributed by atoms with E-state index in [-0.39, 0.29) is 17.2 Å². The maximum Gasteiger partial charge on any atom is 0.262 e. The Hall–Kier alpha value is -2.45. The maximum absolute atomic E-state index is 12.9. The van der Waals surface area contributed by atoms with Gasteiger partial charge in [0.1, 0.15) is 0 Å². The van der Waals surface area contributed by atoms with Crippen LogP contribution in [0.4, 0.5) is 0 Å². The minimum Gasteiger partial charge on any atom is -0.285 e. The van der Waals surface area contributed by atoms with E-state index in [1.165, 1.54) is 23.1 Å². The maximum atomic E-state index is 12.9. The van der Waals surface area contributed by atoms with Crippen LogP contribution in [0.2, 0.25) is 0 Å². The summed E-state index contributed by atoms with van der Waals surface area (Å²) in [5.41, 5.74) is 2.12. The molecule has 8 heteroatoms. The molecular weight excluding hydrogens is 380 g/mol. The van der Waals surface area contributed by atoms with Gasteiger partial charge in [0, 0.05) is 28.9 Å². The molecule has 0 N–H and O–H groups in total. The molecule has 0 amide bonds. The van der Waals surface area contributed by atoms with E-state index in [0.29, 0.717) is 32.5 Å². The van der Waals surface area contributed by atoms with Gasteiger partial charge in [0.15, 0.2) is 10.1 Å². The van der Waals surface area contributed by atoms with E-state index in [1.807, 2.05) is 44.4 Å². The summed E-state index contributed by atoms with van der Waals surface area (Å²) in [4.78, 5) is 35.2. The lowest BCUT2D eigenvalue weighted by Gasteiger charge is -2.16. The zero-order chi connectivity index (χ0) is 19.1. The molecule has 0 saturated carbocycles. The molecule has 3 heterocycles. The van der Waals surface area contributed by atoms with Crippen LogP contribution in [-0.4, -0.2) is 18.9 Å². The van der Waals surface area contributed by atoms with E-state index in [9.17, 15) is 9.59 Å². The zero-order valence-corrected chi connectivity index (χ0v) is 16.8. The van der Waals surface area contributed by atoms with Crippen LogP contribution in [0.3, 0.4) is 0 Å². The van der Waals surface area contributed by atoms with Crippen molar-refractivity contribution in [1.82, 2.24) is 18.9 Å². The summed E-state index contributed by atoms with van der Waals surface area (Å²) in [7, 11) is 0. The van der Waals surface area contributed by atoms with Gasteiger partial charge in [-0.25, -0.2) is 9.97 Å². The molecule has 6 nitrogen and oxygen atoms in total. The van der Waals surface area contributed by atoms with E-state index < -0.39 is 0 Å². The topological polar surface area (TPSA) is 69.3 Å². The largest absolute Gasteiger partial charge is 0.285 e. The Labute approximate surface area is 163 Å². The number of rotatable bonds is 4. The van der Waals surface area contributed by atoms with Crippen molar-refractivity contribution in [3.8, 4) is 0 Å². The Morgan fingerprint density at radius 2 is 1.96 bits per heavy atom. The predicted octanol–water partition coefficient (Wildman–Crippen LogP) is 3.65. The van der Waals surface area contributed by atoms with Crippen LogP contribution in [0.15, 0.2) is 50.5 Å². The first kappa shape index (κ1) is 17.9. The van der Waals surface area contributed by atoms with Crippen LogP contribution in [-0.2, 0) is 5.75 Å². The highest BCUT2D eigenvalue weighted by Gasteiger charge is 2.15. The van der Waals surface area contributed by atoms with Gasteiger partial charge in [-0.15, -0.1) is 11.3 Å². The Morgan fingerprint density at radius 3 is 2.74 bits per heavy atom. The summed E-state index contributed by atoms with van der Waals surface area (Å²) >= 11 is 2.88. The second-order valence-corrected chi connectivity index (χ2v) is 8.33. The number of benzene rings is 1. The summed E-state index contributed by atoms with van der Waals surface area (Å²) < 4.78 is 3.31. The highest BCUT2D eigenvalue weighted by atomic mass is 32.2. The van der Waals surface area contributed by atoms with Crippen LogP contribution in [0.25, 0.3) is 15.9 Å². The minimum absolute atomic E-state index is 0.0156. The number of nitrogens with zero attached hydrogens (tertiary/aromatic N) is 4. The molecule has 0 radical (unpaired) electrons. The van der Waals surface area contributed by atoms with Crippen molar-refractivity contribution in [3.63, 3.8) is 0 Å². The number of para-hydroxylation sites is 1. The van der Waals surface area contributed by atoms with E-state index >= 15 is 0 Å². The van der Waals surface area contributed by atoms with Gasteiger partial charge < -0.3 is 0 Å². The SMILES string of the molecule is Cc1csc2nc(CSc3nc4ccccc4c(=O)n3C(C)C)cc(=O)n12. The average Bonchev–Trinajstić information content (AvgIpc) is 3.01. The van der Waals surface area contributed by atoms with E-state index in [0.717, 1.165) is 5.69 Å². The monoisotopic (exact) mass is 398 g/mol. The third-order valence-corrected chi connectivity index (χ3v) is 6.20. The summed E-state index contributed by atoms with van der Waals surface area (Å²) in [5.74, 6) is 0.472. The van der Waals surface area contributed by atoms with Gasteiger partial charge in [-0.1, -0.05) is 23.9 Å². The van der Waals surface area contributed by atoms with Crippen LogP contribution < -0.4 is 11.1 Å². The number of thiazole rings is 1. The fraction of sp³-hybridized carbons (Fsp3) is 0.263. The molecule has 4 aromatic rings. The molecule has 1 aromatic carbocycles. The third kappa shape index (κ3) is 3.19. The molecule has 0 unspecified atom stereocenters. The summed E-state index contributed by atoms with van der Waals surface area (Å²) in [6.07, 6.45) is 0. The molecule has 0 bridgehead atoms. The van der Waals surface area contributed by atoms with Crippen molar-refractivity contribution in [2.24, 2.45) is 0 Å². The number of aryl methyl sites for hydroxylation is 1. The molecule has 0 aliphatic carbocycles. The van der Waals surface area contributed by atoms with Crippen LogP contribution >= 0.6 is 23.1 Å². The smallest absolute Gasteiger partial charge is 0.262 e. The number of aromatic nitrogens is 4. The highest BCUT2D eigenvalue weighted by molar-refractivity contribution is 7.98. The fourth-order valence-electron chi connectivity index (χ4n) is 3.00. The van der Waals surface area contributed by atoms with Gasteiger partial charge in [0.05, 0.1) is 16.6 Å². The number of fused-ring (bicyclic) bond motifs is 2. The molecule has 4 rings (SSSR count). The molecule has 0 fully saturated rings. The normalized spacial score (nSPS) is 11.7. The lowest BCUT2D eigenvalue weighted by Crippen LogP contribution is -2.25. The van der Waals surface area contributed by atoms with Gasteiger partial charge in [-0.05, 0) is 32.9 Å². The summed E-state index contributed by atoms with van der Waals surface area (Å²) in [5, 5.41) is 3.17. The lowest BCUT2D eigenvalue weighted by atomic mass is 10.2. The van der Waals surface area contributed by atoms with E-state index in [4.69, 9.17) is 0 Å². The van der Waals surface area contributed by atoms with Crippen molar-refractivity contribution in [2.75, 3.05) is 0 Å². The average molecular weight is 399 g/mol. The first-order valence-electron chi connectivity index (χ1n) is 8.56. The van der Waals surface area contributed by atoms with Gasteiger partial charge in [-0.2, -0.15) is 0 Å². The Bertz CT molecular complexity index is 1270. The van der Waals surface area contributed by atoms with Gasteiger partial charge in [0.2, 0.25) is 0 Å². The Morgan fingerprint density at radius 1 is 1.19 bits per heavy atom.